The van der Waals surface area contributed by atoms with Crippen molar-refractivity contribution in [3.63, 3.8) is 0 Å². The van der Waals surface area contributed by atoms with Crippen LogP contribution < -0.4 is 9.47 Å². The van der Waals surface area contributed by atoms with Crippen LogP contribution in [0.5, 0.6) is 11.5 Å². The van der Waals surface area contributed by atoms with Crippen molar-refractivity contribution >= 4 is 11.9 Å². The van der Waals surface area contributed by atoms with Crippen molar-refractivity contribution < 1.29 is 24.2 Å². The van der Waals surface area contributed by atoms with Crippen LogP contribution in [0, 0.1) is 6.92 Å². The number of rotatable bonds is 6. The Hall–Kier alpha value is -2.82. The van der Waals surface area contributed by atoms with E-state index in [0.717, 1.165) is 5.56 Å². The summed E-state index contributed by atoms with van der Waals surface area (Å²) in [5, 5.41) is 8.85. The van der Waals surface area contributed by atoms with Gasteiger partial charge in [-0.15, -0.1) is 0 Å². The van der Waals surface area contributed by atoms with Gasteiger partial charge in [0.2, 0.25) is 0 Å². The van der Waals surface area contributed by atoms with Crippen LogP contribution in [0.15, 0.2) is 48.5 Å². The van der Waals surface area contributed by atoms with Crippen LogP contribution in [0.25, 0.3) is 0 Å². The summed E-state index contributed by atoms with van der Waals surface area (Å²) in [4.78, 5) is 23.0. The van der Waals surface area contributed by atoms with Gasteiger partial charge in [0, 0.05) is 0 Å². The third kappa shape index (κ3) is 4.32. The molecular weight excluding hydrogens is 296 g/mol. The highest BCUT2D eigenvalue weighted by Gasteiger charge is 2.21. The molecule has 2 aromatic carbocycles. The highest BCUT2D eigenvalue weighted by molar-refractivity contribution is 5.87. The van der Waals surface area contributed by atoms with E-state index < -0.39 is 18.0 Å². The number of aromatic carboxylic acids is 1. The van der Waals surface area contributed by atoms with Gasteiger partial charge < -0.3 is 14.6 Å². The van der Waals surface area contributed by atoms with Crippen LogP contribution in [-0.2, 0) is 4.79 Å². The van der Waals surface area contributed by atoms with Crippen molar-refractivity contribution in [1.82, 2.24) is 0 Å². The first-order valence-corrected chi connectivity index (χ1v) is 7.28. The van der Waals surface area contributed by atoms with E-state index in [4.69, 9.17) is 14.6 Å². The maximum Gasteiger partial charge on any atom is 0.352 e. The number of aryl methyl sites for hydroxylation is 1. The predicted molar refractivity (Wildman–Crippen MR) is 84.9 cm³/mol. The van der Waals surface area contributed by atoms with Crippen molar-refractivity contribution in [1.29, 1.82) is 0 Å². The lowest BCUT2D eigenvalue weighted by Crippen LogP contribution is -2.31. The number of carboxylic acids is 1. The van der Waals surface area contributed by atoms with E-state index in [1.807, 2.05) is 32.0 Å². The molecule has 0 saturated heterocycles. The Labute approximate surface area is 134 Å². The number of esters is 1. The summed E-state index contributed by atoms with van der Waals surface area (Å²) >= 11 is 0. The Balaban J connectivity index is 2.05. The van der Waals surface area contributed by atoms with Crippen LogP contribution in [0.2, 0.25) is 0 Å². The maximum atomic E-state index is 12.2. The van der Waals surface area contributed by atoms with Crippen molar-refractivity contribution in [2.75, 3.05) is 0 Å². The normalized spacial score (nSPS) is 11.6. The van der Waals surface area contributed by atoms with Gasteiger partial charge in [-0.05, 0) is 49.2 Å². The van der Waals surface area contributed by atoms with E-state index in [9.17, 15) is 9.59 Å². The molecule has 1 atom stereocenters. The smallest absolute Gasteiger partial charge is 0.352 e. The predicted octanol–water partition coefficient (Wildman–Crippen LogP) is 3.46. The van der Waals surface area contributed by atoms with E-state index >= 15 is 0 Å². The summed E-state index contributed by atoms with van der Waals surface area (Å²) in [5.74, 6) is -0.625. The summed E-state index contributed by atoms with van der Waals surface area (Å²) in [6.07, 6.45) is -0.268. The van der Waals surface area contributed by atoms with Crippen LogP contribution in [0.1, 0.15) is 29.3 Å². The molecule has 1 N–H and O–H groups in total. The average Bonchev–Trinajstić information content (AvgIpc) is 2.54. The molecule has 0 aliphatic rings. The Bertz CT molecular complexity index is 691. The van der Waals surface area contributed by atoms with Crippen LogP contribution >= 0.6 is 0 Å². The number of hydrogen-bond acceptors (Lipinski definition) is 4. The lowest BCUT2D eigenvalue weighted by molar-refractivity contribution is -0.142. The van der Waals surface area contributed by atoms with E-state index in [2.05, 4.69) is 0 Å². The summed E-state index contributed by atoms with van der Waals surface area (Å²) in [6.45, 7) is 3.73. The molecule has 5 nitrogen and oxygen atoms in total. The van der Waals surface area contributed by atoms with Gasteiger partial charge in [-0.25, -0.2) is 9.59 Å². The molecule has 1 unspecified atom stereocenters. The number of carbonyl (C=O) groups excluding carboxylic acids is 1. The summed E-state index contributed by atoms with van der Waals surface area (Å²) in [7, 11) is 0. The van der Waals surface area contributed by atoms with Gasteiger partial charge in [-0.2, -0.15) is 0 Å². The van der Waals surface area contributed by atoms with Crippen molar-refractivity contribution in [3.05, 3.63) is 59.7 Å². The molecule has 0 saturated carbocycles. The first-order chi connectivity index (χ1) is 11.0. The molecule has 0 amide bonds. The minimum absolute atomic E-state index is 0.132. The Morgan fingerprint density at radius 2 is 1.74 bits per heavy atom. The Morgan fingerprint density at radius 1 is 1.09 bits per heavy atom. The zero-order valence-corrected chi connectivity index (χ0v) is 13.0. The number of hydrogen-bond donors (Lipinski definition) is 1. The highest BCUT2D eigenvalue weighted by atomic mass is 16.6. The van der Waals surface area contributed by atoms with Gasteiger partial charge in [0.25, 0.3) is 0 Å². The lowest BCUT2D eigenvalue weighted by atomic mass is 10.2. The van der Waals surface area contributed by atoms with Gasteiger partial charge >= 0.3 is 11.9 Å². The van der Waals surface area contributed by atoms with E-state index in [0.29, 0.717) is 12.2 Å². The molecular formula is C18H18O5. The molecule has 0 aliphatic heterocycles. The fourth-order valence-corrected chi connectivity index (χ4v) is 1.99. The van der Waals surface area contributed by atoms with Crippen molar-refractivity contribution in [3.8, 4) is 11.5 Å². The van der Waals surface area contributed by atoms with Crippen molar-refractivity contribution in [2.45, 2.75) is 26.4 Å². The van der Waals surface area contributed by atoms with Gasteiger partial charge in [0.15, 0.2) is 6.10 Å². The quantitative estimate of drug-likeness (QED) is 0.653. The van der Waals surface area contributed by atoms with Crippen molar-refractivity contribution in [2.24, 2.45) is 0 Å². The van der Waals surface area contributed by atoms with Crippen LogP contribution in [0.4, 0.5) is 0 Å². The molecule has 0 radical (unpaired) electrons. The second kappa shape index (κ2) is 7.45. The first kappa shape index (κ1) is 16.5. The number of ether oxygens (including phenoxy) is 2. The zero-order valence-electron chi connectivity index (χ0n) is 13.0. The molecule has 5 heteroatoms. The molecule has 0 bridgehead atoms. The lowest BCUT2D eigenvalue weighted by Gasteiger charge is -2.17. The van der Waals surface area contributed by atoms with E-state index in [1.54, 1.807) is 6.07 Å². The van der Waals surface area contributed by atoms with E-state index in [1.165, 1.54) is 24.3 Å². The minimum Gasteiger partial charge on any atom is -0.478 e. The summed E-state index contributed by atoms with van der Waals surface area (Å²) < 4.78 is 11.0. The topological polar surface area (TPSA) is 72.8 Å². The second-order valence-electron chi connectivity index (χ2n) is 5.03. The largest absolute Gasteiger partial charge is 0.478 e. The first-order valence-electron chi connectivity index (χ1n) is 7.28. The maximum absolute atomic E-state index is 12.2. The monoisotopic (exact) mass is 314 g/mol. The molecule has 0 aliphatic carbocycles. The molecule has 2 aromatic rings. The molecule has 0 aromatic heterocycles. The highest BCUT2D eigenvalue weighted by Crippen LogP contribution is 2.20. The molecule has 0 fully saturated rings. The standard InChI is InChI=1S/C18H18O5/c1-3-15(23-16-7-5-4-6-12(16)2)18(21)22-14-10-8-13(9-11-14)17(19)20/h4-11,15H,3H2,1-2H3,(H,19,20). The molecule has 0 spiro atoms. The third-order valence-electron chi connectivity index (χ3n) is 3.32. The second-order valence-corrected chi connectivity index (χ2v) is 5.03. The molecule has 120 valence electrons. The van der Waals surface area contributed by atoms with Gasteiger partial charge in [-0.3, -0.25) is 0 Å². The van der Waals surface area contributed by atoms with Crippen LogP contribution in [-0.4, -0.2) is 23.1 Å². The number of carboxylic acid groups (broad SMARTS) is 1. The summed E-state index contributed by atoms with van der Waals surface area (Å²) in [6, 6.07) is 13.1. The summed E-state index contributed by atoms with van der Waals surface area (Å²) in [5.41, 5.74) is 1.07. The Kier molecular flexibility index (Phi) is 5.36. The fourth-order valence-electron chi connectivity index (χ4n) is 1.99. The minimum atomic E-state index is -1.03. The molecule has 23 heavy (non-hydrogen) atoms. The number of carbonyl (C=O) groups is 2. The van der Waals surface area contributed by atoms with Gasteiger partial charge in [0.05, 0.1) is 5.56 Å². The molecule has 0 heterocycles. The average molecular weight is 314 g/mol. The fraction of sp³-hybridized carbons (Fsp3) is 0.222. The van der Waals surface area contributed by atoms with Gasteiger partial charge in [-0.1, -0.05) is 25.1 Å². The number of benzene rings is 2. The molecule has 2 rings (SSSR count). The SMILES string of the molecule is CCC(Oc1ccccc1C)C(=O)Oc1ccc(C(=O)O)cc1. The third-order valence-corrected chi connectivity index (χ3v) is 3.32. The number of para-hydroxylation sites is 1. The van der Waals surface area contributed by atoms with Gasteiger partial charge in [0.1, 0.15) is 11.5 Å². The zero-order chi connectivity index (χ0) is 16.8. The van der Waals surface area contributed by atoms with Crippen LogP contribution in [0.3, 0.4) is 0 Å². The Morgan fingerprint density at radius 3 is 2.30 bits per heavy atom. The van der Waals surface area contributed by atoms with E-state index in [-0.39, 0.29) is 11.3 Å².